The van der Waals surface area contributed by atoms with Crippen molar-refractivity contribution in [2.45, 2.75) is 90.6 Å². The maximum absolute atomic E-state index is 4.02. The molecule has 1 heteroatoms. The van der Waals surface area contributed by atoms with Gasteiger partial charge >= 0.3 is 0 Å². The molecule has 2 unspecified atom stereocenters. The Kier molecular flexibility index (Phi) is 3.95. The zero-order valence-electron chi connectivity index (χ0n) is 13.3. The quantitative estimate of drug-likeness (QED) is 0.728. The maximum Gasteiger partial charge on any atom is 0.00980 e. The van der Waals surface area contributed by atoms with Crippen molar-refractivity contribution in [2.75, 3.05) is 0 Å². The third-order valence-corrected chi connectivity index (χ3v) is 6.62. The second kappa shape index (κ2) is 5.39. The molecule has 0 aromatic heterocycles. The van der Waals surface area contributed by atoms with Crippen LogP contribution >= 0.6 is 0 Å². The smallest absolute Gasteiger partial charge is 0.00980 e. The first-order valence-electron chi connectivity index (χ1n) is 8.91. The molecule has 0 aromatic rings. The van der Waals surface area contributed by atoms with Gasteiger partial charge in [-0.2, -0.15) is 0 Å². The van der Waals surface area contributed by atoms with Gasteiger partial charge in [-0.3, -0.25) is 0 Å². The summed E-state index contributed by atoms with van der Waals surface area (Å²) >= 11 is 0. The van der Waals surface area contributed by atoms with Crippen molar-refractivity contribution in [3.8, 4) is 0 Å². The van der Waals surface area contributed by atoms with Gasteiger partial charge in [0, 0.05) is 12.1 Å². The van der Waals surface area contributed by atoms with E-state index >= 15 is 0 Å². The fourth-order valence-corrected chi connectivity index (χ4v) is 5.99. The van der Waals surface area contributed by atoms with Gasteiger partial charge in [0.2, 0.25) is 0 Å². The van der Waals surface area contributed by atoms with Crippen molar-refractivity contribution < 1.29 is 0 Å². The first kappa shape index (κ1) is 13.9. The molecule has 0 saturated heterocycles. The molecule has 4 fully saturated rings. The molecule has 19 heavy (non-hydrogen) atoms. The van der Waals surface area contributed by atoms with E-state index in [1.54, 1.807) is 19.3 Å². The van der Waals surface area contributed by atoms with Crippen molar-refractivity contribution >= 4 is 0 Å². The van der Waals surface area contributed by atoms with Crippen molar-refractivity contribution in [1.82, 2.24) is 5.32 Å². The molecular weight excluding hydrogens is 230 g/mol. The summed E-state index contributed by atoms with van der Waals surface area (Å²) in [6.45, 7) is 7.17. The van der Waals surface area contributed by atoms with E-state index in [2.05, 4.69) is 26.1 Å². The SMILES string of the molecule is CCCC(CC)NC(C)C12CC3CC(CC(C3)C1)C2. The lowest BCUT2D eigenvalue weighted by Crippen LogP contribution is -2.56. The second-order valence-corrected chi connectivity index (χ2v) is 8.06. The fraction of sp³-hybridized carbons (Fsp3) is 1.00. The molecule has 0 aliphatic heterocycles. The van der Waals surface area contributed by atoms with Crippen molar-refractivity contribution in [2.24, 2.45) is 23.2 Å². The highest BCUT2D eigenvalue weighted by atomic mass is 15.0. The molecule has 0 radical (unpaired) electrons. The van der Waals surface area contributed by atoms with Crippen LogP contribution < -0.4 is 5.32 Å². The molecule has 110 valence electrons. The van der Waals surface area contributed by atoms with Gasteiger partial charge in [-0.1, -0.05) is 20.3 Å². The van der Waals surface area contributed by atoms with Crippen molar-refractivity contribution in [3.05, 3.63) is 0 Å². The van der Waals surface area contributed by atoms with Crippen LogP contribution in [0.3, 0.4) is 0 Å². The lowest BCUT2D eigenvalue weighted by Gasteiger charge is -2.59. The molecule has 4 bridgehead atoms. The number of hydrogen-bond acceptors (Lipinski definition) is 1. The van der Waals surface area contributed by atoms with Gasteiger partial charge in [-0.25, -0.2) is 0 Å². The van der Waals surface area contributed by atoms with Crippen LogP contribution in [0.25, 0.3) is 0 Å². The molecule has 0 spiro atoms. The summed E-state index contributed by atoms with van der Waals surface area (Å²) in [6.07, 6.45) is 13.3. The highest BCUT2D eigenvalue weighted by molar-refractivity contribution is 5.05. The van der Waals surface area contributed by atoms with Crippen LogP contribution in [0.1, 0.15) is 78.6 Å². The van der Waals surface area contributed by atoms with Crippen LogP contribution in [-0.4, -0.2) is 12.1 Å². The predicted molar refractivity (Wildman–Crippen MR) is 82.2 cm³/mol. The van der Waals surface area contributed by atoms with E-state index in [-0.39, 0.29) is 0 Å². The van der Waals surface area contributed by atoms with Crippen LogP contribution in [0.15, 0.2) is 0 Å². The number of hydrogen-bond donors (Lipinski definition) is 1. The first-order valence-corrected chi connectivity index (χ1v) is 8.91. The Bertz CT molecular complexity index is 274. The molecule has 4 saturated carbocycles. The topological polar surface area (TPSA) is 12.0 Å². The van der Waals surface area contributed by atoms with Gasteiger partial charge in [0.05, 0.1) is 0 Å². The Morgan fingerprint density at radius 2 is 1.53 bits per heavy atom. The molecular formula is C18H33N. The van der Waals surface area contributed by atoms with Crippen LogP contribution in [0.4, 0.5) is 0 Å². The Morgan fingerprint density at radius 1 is 1.00 bits per heavy atom. The minimum Gasteiger partial charge on any atom is -0.311 e. The fourth-order valence-electron chi connectivity index (χ4n) is 5.99. The summed E-state index contributed by atoms with van der Waals surface area (Å²) in [5, 5.41) is 4.02. The minimum atomic E-state index is 0.676. The third kappa shape index (κ3) is 2.60. The van der Waals surface area contributed by atoms with E-state index in [0.717, 1.165) is 29.8 Å². The van der Waals surface area contributed by atoms with E-state index in [4.69, 9.17) is 0 Å². The van der Waals surface area contributed by atoms with Gasteiger partial charge < -0.3 is 5.32 Å². The summed E-state index contributed by atoms with van der Waals surface area (Å²) in [6, 6.07) is 1.51. The number of rotatable bonds is 6. The van der Waals surface area contributed by atoms with Gasteiger partial charge in [0.25, 0.3) is 0 Å². The van der Waals surface area contributed by atoms with E-state index in [1.807, 2.05) is 0 Å². The summed E-state index contributed by atoms with van der Waals surface area (Å²) in [7, 11) is 0. The van der Waals surface area contributed by atoms with E-state index < -0.39 is 0 Å². The molecule has 4 aliphatic rings. The Labute approximate surface area is 119 Å². The Morgan fingerprint density at radius 3 is 1.95 bits per heavy atom. The molecule has 2 atom stereocenters. The highest BCUT2D eigenvalue weighted by Crippen LogP contribution is 2.61. The molecule has 0 heterocycles. The number of nitrogens with one attached hydrogen (secondary N) is 1. The van der Waals surface area contributed by atoms with E-state index in [9.17, 15) is 0 Å². The average Bonchev–Trinajstić information content (AvgIpc) is 2.36. The summed E-state index contributed by atoms with van der Waals surface area (Å²) < 4.78 is 0. The lowest BCUT2D eigenvalue weighted by molar-refractivity contribution is -0.0723. The van der Waals surface area contributed by atoms with Gasteiger partial charge in [-0.05, 0) is 81.5 Å². The molecule has 0 aromatic carbocycles. The molecule has 1 N–H and O–H groups in total. The first-order chi connectivity index (χ1) is 9.15. The summed E-state index contributed by atoms with van der Waals surface area (Å²) in [5.74, 6) is 3.25. The molecule has 4 aliphatic carbocycles. The van der Waals surface area contributed by atoms with Crippen LogP contribution in [0, 0.1) is 23.2 Å². The predicted octanol–water partition coefficient (Wildman–Crippen LogP) is 4.76. The second-order valence-electron chi connectivity index (χ2n) is 8.06. The Hall–Kier alpha value is -0.0400. The standard InChI is InChI=1S/C18H33N/c1-4-6-17(5-2)19-13(3)18-10-14-7-15(11-18)9-16(8-14)12-18/h13-17,19H,4-12H2,1-3H3. The zero-order valence-corrected chi connectivity index (χ0v) is 13.3. The zero-order chi connectivity index (χ0) is 13.5. The molecule has 0 amide bonds. The van der Waals surface area contributed by atoms with E-state index in [0.29, 0.717) is 5.41 Å². The van der Waals surface area contributed by atoms with Crippen LogP contribution in [0.2, 0.25) is 0 Å². The van der Waals surface area contributed by atoms with E-state index in [1.165, 1.54) is 38.5 Å². The molecule has 1 nitrogen and oxygen atoms in total. The molecule has 4 rings (SSSR count). The van der Waals surface area contributed by atoms with Crippen LogP contribution in [-0.2, 0) is 0 Å². The largest absolute Gasteiger partial charge is 0.311 e. The lowest BCUT2D eigenvalue weighted by atomic mass is 9.48. The van der Waals surface area contributed by atoms with Crippen molar-refractivity contribution in [3.63, 3.8) is 0 Å². The maximum atomic E-state index is 4.02. The van der Waals surface area contributed by atoms with Gasteiger partial charge in [0.15, 0.2) is 0 Å². The third-order valence-electron chi connectivity index (χ3n) is 6.62. The Balaban J connectivity index is 1.67. The van der Waals surface area contributed by atoms with Gasteiger partial charge in [0.1, 0.15) is 0 Å². The summed E-state index contributed by atoms with van der Waals surface area (Å²) in [4.78, 5) is 0. The highest BCUT2D eigenvalue weighted by Gasteiger charge is 2.53. The van der Waals surface area contributed by atoms with Gasteiger partial charge in [-0.15, -0.1) is 0 Å². The monoisotopic (exact) mass is 263 g/mol. The normalized spacial score (nSPS) is 43.4. The summed E-state index contributed by atoms with van der Waals surface area (Å²) in [5.41, 5.74) is 0.676. The van der Waals surface area contributed by atoms with Crippen molar-refractivity contribution in [1.29, 1.82) is 0 Å². The van der Waals surface area contributed by atoms with Crippen LogP contribution in [0.5, 0.6) is 0 Å². The minimum absolute atomic E-state index is 0.676. The average molecular weight is 263 g/mol.